The maximum absolute atomic E-state index is 4.79. The van der Waals surface area contributed by atoms with Crippen molar-refractivity contribution < 1.29 is 0 Å². The van der Waals surface area contributed by atoms with Crippen LogP contribution in [0.4, 0.5) is 5.69 Å². The molecule has 0 radical (unpaired) electrons. The second kappa shape index (κ2) is 5.31. The van der Waals surface area contributed by atoms with E-state index in [1.807, 2.05) is 29.8 Å². The summed E-state index contributed by atoms with van der Waals surface area (Å²) >= 11 is 4.24. The molecule has 1 aromatic rings. The van der Waals surface area contributed by atoms with Crippen molar-refractivity contribution in [1.29, 1.82) is 0 Å². The van der Waals surface area contributed by atoms with Crippen LogP contribution in [0.2, 0.25) is 0 Å². The summed E-state index contributed by atoms with van der Waals surface area (Å²) in [5.41, 5.74) is 9.31. The van der Waals surface area contributed by atoms with E-state index in [1.165, 1.54) is 5.56 Å². The Bertz CT molecular complexity index is 348. The first-order chi connectivity index (χ1) is 6.74. The van der Waals surface area contributed by atoms with Crippen LogP contribution in [0.1, 0.15) is 5.56 Å². The number of hydrazine groups is 1. The van der Waals surface area contributed by atoms with E-state index >= 15 is 0 Å². The number of nitrogens with one attached hydrogen (secondary N) is 1. The Hall–Kier alpha value is -1.46. The summed E-state index contributed by atoms with van der Waals surface area (Å²) in [5.74, 6) is 4.66. The highest BCUT2D eigenvalue weighted by Crippen LogP contribution is 2.22. The van der Waals surface area contributed by atoms with Gasteiger partial charge in [0.1, 0.15) is 0 Å². The summed E-state index contributed by atoms with van der Waals surface area (Å²) in [5, 5.41) is 0.116. The van der Waals surface area contributed by atoms with Crippen molar-refractivity contribution in [1.82, 2.24) is 5.43 Å². The minimum atomic E-state index is 0.116. The molecule has 0 fully saturated rings. The van der Waals surface area contributed by atoms with Crippen molar-refractivity contribution in [3.05, 3.63) is 29.8 Å². The molecule has 1 heterocycles. The van der Waals surface area contributed by atoms with Gasteiger partial charge in [-0.15, -0.1) is 0 Å². The molecule has 0 atom stereocenters. The molecule has 0 aliphatic carbocycles. The zero-order valence-corrected chi connectivity index (χ0v) is 8.42. The fourth-order valence-corrected chi connectivity index (χ4v) is 1.05. The van der Waals surface area contributed by atoms with Crippen LogP contribution in [-0.4, -0.2) is 11.3 Å². The molecule has 0 saturated carbocycles. The molecular weight excluding hydrogens is 196 g/mol. The highest BCUT2D eigenvalue weighted by Gasteiger charge is 2.01. The smallest absolute Gasteiger partial charge is 0.177 e. The van der Waals surface area contributed by atoms with Gasteiger partial charge >= 0.3 is 0 Å². The first-order valence-corrected chi connectivity index (χ1v) is 4.51. The van der Waals surface area contributed by atoms with Gasteiger partial charge in [-0.1, -0.05) is 18.2 Å². The SMILES string of the molecule is C1=Nc2ccccc2C1.NNC(N)=S. The molecule has 0 spiro atoms. The molecular formula is C9H12N4S. The zero-order valence-electron chi connectivity index (χ0n) is 7.60. The van der Waals surface area contributed by atoms with Gasteiger partial charge in [-0.05, 0) is 23.8 Å². The molecule has 14 heavy (non-hydrogen) atoms. The average molecular weight is 208 g/mol. The molecule has 4 nitrogen and oxygen atoms in total. The fraction of sp³-hybridized carbons (Fsp3) is 0.111. The maximum Gasteiger partial charge on any atom is 0.177 e. The van der Waals surface area contributed by atoms with Crippen molar-refractivity contribution in [2.75, 3.05) is 0 Å². The van der Waals surface area contributed by atoms with Crippen molar-refractivity contribution in [2.24, 2.45) is 16.6 Å². The van der Waals surface area contributed by atoms with Crippen LogP contribution in [0.15, 0.2) is 29.3 Å². The van der Waals surface area contributed by atoms with Crippen LogP contribution in [0.25, 0.3) is 0 Å². The molecule has 5 heteroatoms. The third-order valence-corrected chi connectivity index (χ3v) is 1.79. The van der Waals surface area contributed by atoms with Gasteiger partial charge in [0.25, 0.3) is 0 Å². The topological polar surface area (TPSA) is 76.4 Å². The van der Waals surface area contributed by atoms with Crippen molar-refractivity contribution >= 4 is 29.2 Å². The third kappa shape index (κ3) is 3.12. The lowest BCUT2D eigenvalue weighted by Crippen LogP contribution is -2.34. The zero-order chi connectivity index (χ0) is 10.4. The van der Waals surface area contributed by atoms with Crippen LogP contribution in [0.3, 0.4) is 0 Å². The largest absolute Gasteiger partial charge is 0.375 e. The summed E-state index contributed by atoms with van der Waals surface area (Å²) in [6, 6.07) is 8.22. The molecule has 0 aromatic heterocycles. The lowest BCUT2D eigenvalue weighted by Gasteiger charge is -1.91. The number of nitrogens with zero attached hydrogens (tertiary/aromatic N) is 1. The van der Waals surface area contributed by atoms with Crippen molar-refractivity contribution in [2.45, 2.75) is 6.42 Å². The maximum atomic E-state index is 4.79. The number of benzene rings is 1. The number of hydrogen-bond acceptors (Lipinski definition) is 3. The normalized spacial score (nSPS) is 11.2. The molecule has 74 valence electrons. The van der Waals surface area contributed by atoms with Crippen LogP contribution in [0, 0.1) is 0 Å². The highest BCUT2D eigenvalue weighted by atomic mass is 32.1. The third-order valence-electron chi connectivity index (χ3n) is 1.68. The van der Waals surface area contributed by atoms with E-state index in [0.717, 1.165) is 12.1 Å². The van der Waals surface area contributed by atoms with Gasteiger partial charge < -0.3 is 11.2 Å². The van der Waals surface area contributed by atoms with E-state index in [9.17, 15) is 0 Å². The van der Waals surface area contributed by atoms with E-state index in [-0.39, 0.29) is 5.11 Å². The predicted octanol–water partition coefficient (Wildman–Crippen LogP) is 0.638. The lowest BCUT2D eigenvalue weighted by molar-refractivity contribution is 1.03. The molecule has 0 bridgehead atoms. The Morgan fingerprint density at radius 3 is 2.64 bits per heavy atom. The van der Waals surface area contributed by atoms with E-state index in [0.29, 0.717) is 0 Å². The van der Waals surface area contributed by atoms with Gasteiger partial charge in [0.05, 0.1) is 5.69 Å². The average Bonchev–Trinajstić information content (AvgIpc) is 2.66. The summed E-state index contributed by atoms with van der Waals surface area (Å²) < 4.78 is 0. The molecule has 1 aliphatic rings. The number of para-hydroxylation sites is 1. The standard InChI is InChI=1S/C8H7N.CH5N3S/c1-2-4-8-7(3-1)5-6-9-8;2-1(5)4-3/h1-4,6H,5H2;3H2,(H3,2,4,5). The van der Waals surface area contributed by atoms with Gasteiger partial charge in [-0.2, -0.15) is 0 Å². The first kappa shape index (κ1) is 10.6. The van der Waals surface area contributed by atoms with Gasteiger partial charge in [0.2, 0.25) is 0 Å². The monoisotopic (exact) mass is 208 g/mol. The van der Waals surface area contributed by atoms with Gasteiger partial charge in [0, 0.05) is 12.6 Å². The molecule has 5 N–H and O–H groups in total. The Balaban J connectivity index is 0.000000171. The first-order valence-electron chi connectivity index (χ1n) is 4.10. The number of thiocarbonyl (C=S) groups is 1. The highest BCUT2D eigenvalue weighted by molar-refractivity contribution is 7.80. The van der Waals surface area contributed by atoms with Crippen molar-refractivity contribution in [3.63, 3.8) is 0 Å². The van der Waals surface area contributed by atoms with Crippen LogP contribution in [0.5, 0.6) is 0 Å². The van der Waals surface area contributed by atoms with Gasteiger partial charge in [0.15, 0.2) is 5.11 Å². The van der Waals surface area contributed by atoms with E-state index < -0.39 is 0 Å². The van der Waals surface area contributed by atoms with Gasteiger partial charge in [-0.3, -0.25) is 4.99 Å². The second-order valence-electron chi connectivity index (χ2n) is 2.65. The predicted molar refractivity (Wildman–Crippen MR) is 62.4 cm³/mol. The molecule has 0 unspecified atom stereocenters. The van der Waals surface area contributed by atoms with Crippen LogP contribution < -0.4 is 17.0 Å². The summed E-state index contributed by atoms with van der Waals surface area (Å²) in [4.78, 5) is 4.17. The lowest BCUT2D eigenvalue weighted by atomic mass is 10.2. The van der Waals surface area contributed by atoms with Crippen LogP contribution in [-0.2, 0) is 6.42 Å². The number of hydrogen-bond donors (Lipinski definition) is 3. The number of aliphatic imine (C=N–C) groups is 1. The van der Waals surface area contributed by atoms with E-state index in [4.69, 9.17) is 5.73 Å². The van der Waals surface area contributed by atoms with Crippen LogP contribution >= 0.6 is 12.2 Å². The summed E-state index contributed by atoms with van der Waals surface area (Å²) in [6.07, 6.45) is 2.96. The Morgan fingerprint density at radius 1 is 1.43 bits per heavy atom. The minimum absolute atomic E-state index is 0.116. The van der Waals surface area contributed by atoms with Gasteiger partial charge in [-0.25, -0.2) is 5.84 Å². The molecule has 0 amide bonds. The summed E-state index contributed by atoms with van der Waals surface area (Å²) in [7, 11) is 0. The van der Waals surface area contributed by atoms with E-state index in [1.54, 1.807) is 0 Å². The summed E-state index contributed by atoms with van der Waals surface area (Å²) in [6.45, 7) is 0. The molecule has 1 aliphatic heterocycles. The molecule has 0 saturated heterocycles. The molecule has 2 rings (SSSR count). The quantitative estimate of drug-likeness (QED) is 0.332. The Kier molecular flexibility index (Phi) is 4.03. The number of fused-ring (bicyclic) bond motifs is 1. The second-order valence-corrected chi connectivity index (χ2v) is 3.09. The fourth-order valence-electron chi connectivity index (χ4n) is 1.05. The number of nitrogens with two attached hydrogens (primary N) is 2. The Labute approximate surface area is 88.0 Å². The molecule has 1 aromatic carbocycles. The Morgan fingerprint density at radius 2 is 2.07 bits per heavy atom. The van der Waals surface area contributed by atoms with E-state index in [2.05, 4.69) is 29.1 Å². The minimum Gasteiger partial charge on any atom is -0.375 e. The van der Waals surface area contributed by atoms with Crippen molar-refractivity contribution in [3.8, 4) is 0 Å². The number of rotatable bonds is 0.